The van der Waals surface area contributed by atoms with Gasteiger partial charge < -0.3 is 20.6 Å². The number of hydrogen-bond acceptors (Lipinski definition) is 9. The summed E-state index contributed by atoms with van der Waals surface area (Å²) < 4.78 is 11.8. The molecule has 3 aromatic rings. The van der Waals surface area contributed by atoms with Crippen molar-refractivity contribution in [3.05, 3.63) is 53.6 Å². The third-order valence-electron chi connectivity index (χ3n) is 4.27. The predicted octanol–water partition coefficient (Wildman–Crippen LogP) is 2.88. The Hall–Kier alpha value is -3.73. The molecule has 3 rings (SSSR count). The molecule has 168 valence electrons. The Labute approximate surface area is 190 Å². The van der Waals surface area contributed by atoms with Gasteiger partial charge in [0.15, 0.2) is 0 Å². The van der Waals surface area contributed by atoms with E-state index in [4.69, 9.17) is 15.3 Å². The van der Waals surface area contributed by atoms with Crippen molar-refractivity contribution in [3.8, 4) is 11.5 Å². The number of thioether (sulfide) groups is 1. The van der Waals surface area contributed by atoms with E-state index >= 15 is 0 Å². The maximum absolute atomic E-state index is 12.3. The number of methoxy groups -OCH3 is 1. The standard InChI is InChI=1S/C21H25N7O3S/c1-4-31-16-7-5-15(6-8-16)12-23-25-20-26-27-21(28(20)22)32-13-19(29)24-18-10-9-17(30-3)11-14(18)2/h5-12H,4,13,22H2,1-3H3,(H,24,29)(H,25,26)/b23-12+. The molecule has 10 nitrogen and oxygen atoms in total. The van der Waals surface area contributed by atoms with E-state index in [0.717, 1.165) is 28.3 Å². The van der Waals surface area contributed by atoms with Gasteiger partial charge in [-0.1, -0.05) is 11.8 Å². The lowest BCUT2D eigenvalue weighted by Crippen LogP contribution is -2.17. The Morgan fingerprint density at radius 1 is 1.22 bits per heavy atom. The van der Waals surface area contributed by atoms with Gasteiger partial charge in [-0.15, -0.1) is 10.2 Å². The summed E-state index contributed by atoms with van der Waals surface area (Å²) in [5.74, 6) is 7.72. The van der Waals surface area contributed by atoms with E-state index in [-0.39, 0.29) is 17.6 Å². The Balaban J connectivity index is 1.51. The number of nitrogens with two attached hydrogens (primary N) is 1. The molecular weight excluding hydrogens is 430 g/mol. The molecule has 0 aliphatic carbocycles. The van der Waals surface area contributed by atoms with Gasteiger partial charge >= 0.3 is 0 Å². The summed E-state index contributed by atoms with van der Waals surface area (Å²) in [6, 6.07) is 12.9. The molecule has 1 aromatic heterocycles. The second kappa shape index (κ2) is 11.0. The topological polar surface area (TPSA) is 129 Å². The van der Waals surface area contributed by atoms with Crippen LogP contribution in [0, 0.1) is 6.92 Å². The van der Waals surface area contributed by atoms with Crippen LogP contribution in [0.15, 0.2) is 52.7 Å². The molecule has 0 aliphatic heterocycles. The first-order chi connectivity index (χ1) is 15.5. The number of ether oxygens (including phenoxy) is 2. The van der Waals surface area contributed by atoms with Crippen LogP contribution in [0.25, 0.3) is 0 Å². The first kappa shape index (κ1) is 22.9. The van der Waals surface area contributed by atoms with Crippen molar-refractivity contribution in [2.24, 2.45) is 5.10 Å². The van der Waals surface area contributed by atoms with Gasteiger partial charge in [-0.2, -0.15) is 5.10 Å². The smallest absolute Gasteiger partial charge is 0.264 e. The molecule has 1 amide bonds. The predicted molar refractivity (Wildman–Crippen MR) is 126 cm³/mol. The van der Waals surface area contributed by atoms with Crippen molar-refractivity contribution in [3.63, 3.8) is 0 Å². The fourth-order valence-corrected chi connectivity index (χ4v) is 3.31. The van der Waals surface area contributed by atoms with Gasteiger partial charge in [-0.25, -0.2) is 10.1 Å². The number of nitrogens with zero attached hydrogens (tertiary/aromatic N) is 4. The van der Waals surface area contributed by atoms with Gasteiger partial charge in [0, 0.05) is 5.69 Å². The summed E-state index contributed by atoms with van der Waals surface area (Å²) in [6.45, 7) is 4.45. The highest BCUT2D eigenvalue weighted by Gasteiger charge is 2.13. The molecule has 1 heterocycles. The summed E-state index contributed by atoms with van der Waals surface area (Å²) >= 11 is 1.17. The van der Waals surface area contributed by atoms with Crippen molar-refractivity contribution < 1.29 is 14.3 Å². The number of aromatic nitrogens is 3. The SMILES string of the molecule is CCOc1ccc(/C=N/Nc2nnc(SCC(=O)Nc3ccc(OC)cc3C)n2N)cc1. The minimum atomic E-state index is -0.186. The van der Waals surface area contributed by atoms with E-state index in [1.807, 2.05) is 44.2 Å². The zero-order valence-corrected chi connectivity index (χ0v) is 18.8. The molecule has 0 fully saturated rings. The lowest BCUT2D eigenvalue weighted by Gasteiger charge is -2.09. The van der Waals surface area contributed by atoms with Crippen molar-refractivity contribution in [2.75, 3.05) is 36.1 Å². The van der Waals surface area contributed by atoms with Crippen LogP contribution in [0.5, 0.6) is 11.5 Å². The molecular formula is C21H25N7O3S. The number of carbonyl (C=O) groups excluding carboxylic acids is 1. The lowest BCUT2D eigenvalue weighted by atomic mass is 10.2. The third-order valence-corrected chi connectivity index (χ3v) is 5.22. The Kier molecular flexibility index (Phi) is 7.92. The highest BCUT2D eigenvalue weighted by atomic mass is 32.2. The zero-order valence-electron chi connectivity index (χ0n) is 18.0. The average Bonchev–Trinajstić information content (AvgIpc) is 3.14. The van der Waals surface area contributed by atoms with Crippen molar-refractivity contribution in [1.82, 2.24) is 14.9 Å². The van der Waals surface area contributed by atoms with Crippen LogP contribution in [0.1, 0.15) is 18.1 Å². The van der Waals surface area contributed by atoms with E-state index < -0.39 is 0 Å². The van der Waals surface area contributed by atoms with Crippen LogP contribution in [-0.4, -0.2) is 46.5 Å². The molecule has 0 radical (unpaired) electrons. The van der Waals surface area contributed by atoms with Gasteiger partial charge in [0.1, 0.15) is 11.5 Å². The zero-order chi connectivity index (χ0) is 22.9. The fraction of sp³-hybridized carbons (Fsp3) is 0.238. The average molecular weight is 456 g/mol. The van der Waals surface area contributed by atoms with E-state index in [9.17, 15) is 4.79 Å². The summed E-state index contributed by atoms with van der Waals surface area (Å²) in [5, 5.41) is 15.3. The third kappa shape index (κ3) is 6.14. The molecule has 0 atom stereocenters. The Morgan fingerprint density at radius 3 is 2.66 bits per heavy atom. The van der Waals surface area contributed by atoms with Crippen molar-refractivity contribution >= 4 is 35.5 Å². The quantitative estimate of drug-likeness (QED) is 0.184. The first-order valence-corrected chi connectivity index (χ1v) is 10.8. The van der Waals surface area contributed by atoms with Crippen LogP contribution >= 0.6 is 11.8 Å². The van der Waals surface area contributed by atoms with Gasteiger partial charge in [-0.3, -0.25) is 4.79 Å². The summed E-state index contributed by atoms with van der Waals surface area (Å²) in [5.41, 5.74) is 5.25. The number of hydrazone groups is 1. The monoisotopic (exact) mass is 455 g/mol. The van der Waals surface area contributed by atoms with Gasteiger partial charge in [0.25, 0.3) is 5.95 Å². The van der Waals surface area contributed by atoms with E-state index in [1.165, 1.54) is 16.4 Å². The number of benzene rings is 2. The molecule has 0 aliphatic rings. The Morgan fingerprint density at radius 2 is 1.97 bits per heavy atom. The van der Waals surface area contributed by atoms with Gasteiger partial charge in [0.2, 0.25) is 11.1 Å². The van der Waals surface area contributed by atoms with E-state index in [0.29, 0.717) is 11.8 Å². The minimum absolute atomic E-state index is 0.121. The number of aryl methyl sites for hydroxylation is 1. The largest absolute Gasteiger partial charge is 0.497 e. The summed E-state index contributed by atoms with van der Waals surface area (Å²) in [6.07, 6.45) is 1.63. The molecule has 0 saturated carbocycles. The number of carbonyl (C=O) groups is 1. The first-order valence-electron chi connectivity index (χ1n) is 9.80. The lowest BCUT2D eigenvalue weighted by molar-refractivity contribution is -0.113. The molecule has 0 spiro atoms. The van der Waals surface area contributed by atoms with E-state index in [1.54, 1.807) is 25.5 Å². The van der Waals surface area contributed by atoms with Crippen LogP contribution in [0.4, 0.5) is 11.6 Å². The van der Waals surface area contributed by atoms with Gasteiger partial charge in [0.05, 0.1) is 25.7 Å². The molecule has 0 bridgehead atoms. The number of rotatable bonds is 10. The normalized spacial score (nSPS) is 10.8. The molecule has 2 aromatic carbocycles. The number of nitrogen functional groups attached to an aromatic ring is 1. The second-order valence-corrected chi connectivity index (χ2v) is 7.51. The second-order valence-electron chi connectivity index (χ2n) is 6.57. The van der Waals surface area contributed by atoms with Crippen molar-refractivity contribution in [1.29, 1.82) is 0 Å². The van der Waals surface area contributed by atoms with Crippen LogP contribution in [0.3, 0.4) is 0 Å². The highest BCUT2D eigenvalue weighted by Crippen LogP contribution is 2.22. The number of hydrogen-bond donors (Lipinski definition) is 3. The maximum atomic E-state index is 12.3. The number of nitrogens with one attached hydrogen (secondary N) is 2. The minimum Gasteiger partial charge on any atom is -0.497 e. The molecule has 11 heteroatoms. The fourth-order valence-electron chi connectivity index (χ4n) is 2.65. The maximum Gasteiger partial charge on any atom is 0.264 e. The number of amides is 1. The van der Waals surface area contributed by atoms with Gasteiger partial charge in [-0.05, 0) is 67.4 Å². The number of anilines is 2. The summed E-state index contributed by atoms with van der Waals surface area (Å²) in [4.78, 5) is 12.3. The Bertz CT molecular complexity index is 1080. The highest BCUT2D eigenvalue weighted by molar-refractivity contribution is 7.99. The van der Waals surface area contributed by atoms with Crippen molar-refractivity contribution in [2.45, 2.75) is 19.0 Å². The summed E-state index contributed by atoms with van der Waals surface area (Å²) in [7, 11) is 1.60. The van der Waals surface area contributed by atoms with Crippen LogP contribution < -0.4 is 26.1 Å². The van der Waals surface area contributed by atoms with E-state index in [2.05, 4.69) is 26.0 Å². The molecule has 0 unspecified atom stereocenters. The molecule has 32 heavy (non-hydrogen) atoms. The molecule has 4 N–H and O–H groups in total. The van der Waals surface area contributed by atoms with Crippen LogP contribution in [-0.2, 0) is 4.79 Å². The van der Waals surface area contributed by atoms with Crippen LogP contribution in [0.2, 0.25) is 0 Å². The molecule has 0 saturated heterocycles.